The third-order valence-corrected chi connectivity index (χ3v) is 4.88. The van der Waals surface area contributed by atoms with Gasteiger partial charge in [0.1, 0.15) is 0 Å². The molecule has 2 rings (SSSR count). The maximum absolute atomic E-state index is 11.8. The van der Waals surface area contributed by atoms with Crippen LogP contribution in [-0.2, 0) is 4.79 Å². The first kappa shape index (κ1) is 17.2. The molecule has 0 bridgehead atoms. The monoisotopic (exact) mass is 365 g/mol. The fourth-order valence-electron chi connectivity index (χ4n) is 2.96. The van der Waals surface area contributed by atoms with Gasteiger partial charge in [0.15, 0.2) is 0 Å². The topological polar surface area (TPSA) is 33.5 Å². The molecule has 1 aromatic rings. The van der Waals surface area contributed by atoms with Crippen molar-refractivity contribution >= 4 is 27.9 Å². The molecule has 120 valence electrons. The van der Waals surface area contributed by atoms with Crippen LogP contribution in [-0.4, -0.2) is 31.6 Å². The van der Waals surface area contributed by atoms with Crippen molar-refractivity contribution < 1.29 is 9.69 Å². The van der Waals surface area contributed by atoms with Gasteiger partial charge in [-0.05, 0) is 50.0 Å². The number of rotatable bonds is 6. The molecule has 22 heavy (non-hydrogen) atoms. The number of hydrogen-bond acceptors (Lipinski definition) is 1. The molecule has 0 spiro atoms. The van der Waals surface area contributed by atoms with E-state index < -0.39 is 0 Å². The van der Waals surface area contributed by atoms with Gasteiger partial charge in [0.05, 0.1) is 19.1 Å². The van der Waals surface area contributed by atoms with E-state index in [1.54, 1.807) is 11.0 Å². The highest BCUT2D eigenvalue weighted by molar-refractivity contribution is 9.10. The van der Waals surface area contributed by atoms with Crippen LogP contribution in [0.25, 0.3) is 6.08 Å². The van der Waals surface area contributed by atoms with Crippen molar-refractivity contribution in [2.75, 3.05) is 19.6 Å². The summed E-state index contributed by atoms with van der Waals surface area (Å²) in [4.78, 5) is 13.5. The Kier molecular flexibility index (Phi) is 7.13. The van der Waals surface area contributed by atoms with Gasteiger partial charge in [-0.25, -0.2) is 0 Å². The van der Waals surface area contributed by atoms with E-state index in [2.05, 4.69) is 28.2 Å². The number of piperidine rings is 1. The molecule has 0 saturated carbocycles. The van der Waals surface area contributed by atoms with Crippen molar-refractivity contribution in [3.8, 4) is 0 Å². The summed E-state index contributed by atoms with van der Waals surface area (Å²) in [5, 5.41) is 2.97. The second-order valence-corrected chi connectivity index (χ2v) is 7.00. The molecular formula is C18H26BrN2O+. The number of carbonyl (C=O) groups excluding carboxylic acids is 1. The zero-order chi connectivity index (χ0) is 15.8. The third kappa shape index (κ3) is 5.93. The number of hydrogen-bond donors (Lipinski definition) is 2. The van der Waals surface area contributed by atoms with Gasteiger partial charge in [-0.3, -0.25) is 4.79 Å². The maximum atomic E-state index is 11.8. The highest BCUT2D eigenvalue weighted by atomic mass is 79.9. The maximum Gasteiger partial charge on any atom is 0.244 e. The lowest BCUT2D eigenvalue weighted by Crippen LogP contribution is -3.16. The van der Waals surface area contributed by atoms with Crippen LogP contribution in [0.5, 0.6) is 0 Å². The van der Waals surface area contributed by atoms with Crippen molar-refractivity contribution in [3.05, 3.63) is 40.4 Å². The van der Waals surface area contributed by atoms with Gasteiger partial charge in [-0.15, -0.1) is 0 Å². The third-order valence-electron chi connectivity index (χ3n) is 4.35. The first-order valence-corrected chi connectivity index (χ1v) is 9.00. The van der Waals surface area contributed by atoms with Crippen LogP contribution in [0.2, 0.25) is 0 Å². The highest BCUT2D eigenvalue weighted by Gasteiger charge is 2.20. The Balaban J connectivity index is 1.64. The molecule has 0 aliphatic carbocycles. The van der Waals surface area contributed by atoms with Gasteiger partial charge >= 0.3 is 0 Å². The molecule has 2 atom stereocenters. The lowest BCUT2D eigenvalue weighted by atomic mass is 10.0. The molecule has 0 radical (unpaired) electrons. The minimum absolute atomic E-state index is 0.00962. The van der Waals surface area contributed by atoms with Crippen LogP contribution in [0, 0.1) is 0 Å². The number of benzene rings is 1. The summed E-state index contributed by atoms with van der Waals surface area (Å²) in [6, 6.07) is 8.69. The van der Waals surface area contributed by atoms with E-state index in [1.165, 1.54) is 25.8 Å². The van der Waals surface area contributed by atoms with Crippen LogP contribution in [0.15, 0.2) is 34.8 Å². The summed E-state index contributed by atoms with van der Waals surface area (Å²) < 4.78 is 1.04. The molecule has 3 nitrogen and oxygen atoms in total. The number of carbonyl (C=O) groups is 1. The van der Waals surface area contributed by atoms with Gasteiger partial charge in [-0.1, -0.05) is 28.1 Å². The molecule has 1 amide bonds. The summed E-state index contributed by atoms with van der Waals surface area (Å²) in [5.41, 5.74) is 1.03. The van der Waals surface area contributed by atoms with E-state index in [-0.39, 0.29) is 5.91 Å². The van der Waals surface area contributed by atoms with E-state index in [0.29, 0.717) is 0 Å². The number of likely N-dealkylation sites (tertiary alicyclic amines) is 1. The van der Waals surface area contributed by atoms with Crippen molar-refractivity contribution in [1.29, 1.82) is 0 Å². The predicted molar refractivity (Wildman–Crippen MR) is 94.8 cm³/mol. The Morgan fingerprint density at radius 1 is 1.36 bits per heavy atom. The highest BCUT2D eigenvalue weighted by Crippen LogP contribution is 2.11. The van der Waals surface area contributed by atoms with Crippen LogP contribution in [0.4, 0.5) is 0 Å². The number of quaternary nitrogens is 1. The van der Waals surface area contributed by atoms with Gasteiger partial charge in [0.25, 0.3) is 0 Å². The van der Waals surface area contributed by atoms with Gasteiger partial charge in [0, 0.05) is 23.5 Å². The van der Waals surface area contributed by atoms with Gasteiger partial charge < -0.3 is 10.2 Å². The summed E-state index contributed by atoms with van der Waals surface area (Å²) in [6.45, 7) is 5.56. The average Bonchev–Trinajstić information content (AvgIpc) is 2.52. The fourth-order valence-corrected chi connectivity index (χ4v) is 3.22. The second kappa shape index (κ2) is 9.11. The molecule has 4 heteroatoms. The van der Waals surface area contributed by atoms with Crippen LogP contribution in [0.1, 0.15) is 38.2 Å². The van der Waals surface area contributed by atoms with Crippen LogP contribution < -0.4 is 10.2 Å². The quantitative estimate of drug-likeness (QED) is 0.589. The normalized spacial score (nSPS) is 21.9. The molecule has 1 unspecified atom stereocenters. The van der Waals surface area contributed by atoms with E-state index in [4.69, 9.17) is 0 Å². The molecule has 1 heterocycles. The Hall–Kier alpha value is -1.13. The van der Waals surface area contributed by atoms with Gasteiger partial charge in [-0.2, -0.15) is 0 Å². The van der Waals surface area contributed by atoms with Crippen molar-refractivity contribution in [3.63, 3.8) is 0 Å². The molecule has 1 saturated heterocycles. The van der Waals surface area contributed by atoms with Crippen LogP contribution >= 0.6 is 15.9 Å². The van der Waals surface area contributed by atoms with Gasteiger partial charge in [0.2, 0.25) is 5.91 Å². The Bertz CT molecular complexity index is 498. The Labute approximate surface area is 141 Å². The SMILES string of the molecule is C[C@H]1CCCC[NH+]1CCCNC(=O)/C=C/c1ccc(Br)cc1. The van der Waals surface area contributed by atoms with Crippen molar-refractivity contribution in [2.45, 2.75) is 38.6 Å². The first-order chi connectivity index (χ1) is 10.6. The first-order valence-electron chi connectivity index (χ1n) is 8.21. The van der Waals surface area contributed by atoms with Crippen molar-refractivity contribution in [2.24, 2.45) is 0 Å². The molecule has 1 aliphatic heterocycles. The minimum atomic E-state index is -0.00962. The summed E-state index contributed by atoms with van der Waals surface area (Å²) in [6.07, 6.45) is 8.58. The zero-order valence-electron chi connectivity index (χ0n) is 13.3. The fraction of sp³-hybridized carbons (Fsp3) is 0.500. The van der Waals surface area contributed by atoms with E-state index in [1.807, 2.05) is 30.3 Å². The Morgan fingerprint density at radius 3 is 2.86 bits per heavy atom. The molecule has 1 aliphatic rings. The molecular weight excluding hydrogens is 340 g/mol. The lowest BCUT2D eigenvalue weighted by Gasteiger charge is -2.30. The molecule has 2 N–H and O–H groups in total. The van der Waals surface area contributed by atoms with E-state index in [0.717, 1.165) is 35.6 Å². The predicted octanol–water partition coefficient (Wildman–Crippen LogP) is 2.43. The number of nitrogens with one attached hydrogen (secondary N) is 2. The summed E-state index contributed by atoms with van der Waals surface area (Å²) >= 11 is 3.40. The Morgan fingerprint density at radius 2 is 2.14 bits per heavy atom. The number of halogens is 1. The molecule has 1 aromatic carbocycles. The lowest BCUT2D eigenvalue weighted by molar-refractivity contribution is -0.928. The average molecular weight is 366 g/mol. The molecule has 1 fully saturated rings. The second-order valence-electron chi connectivity index (χ2n) is 6.08. The summed E-state index contributed by atoms with van der Waals surface area (Å²) in [7, 11) is 0. The standard InChI is InChI=1S/C18H25BrN2O/c1-15-5-2-3-13-21(15)14-4-12-20-18(22)11-8-16-6-9-17(19)10-7-16/h6-11,15H,2-5,12-14H2,1H3,(H,20,22)/p+1/b11-8+/t15-/m0/s1. The van der Waals surface area contributed by atoms with E-state index in [9.17, 15) is 4.79 Å². The van der Waals surface area contributed by atoms with E-state index >= 15 is 0 Å². The number of amides is 1. The zero-order valence-corrected chi connectivity index (χ0v) is 14.9. The molecule has 0 aromatic heterocycles. The minimum Gasteiger partial charge on any atom is -0.352 e. The smallest absolute Gasteiger partial charge is 0.244 e. The van der Waals surface area contributed by atoms with Crippen LogP contribution in [0.3, 0.4) is 0 Å². The summed E-state index contributed by atoms with van der Waals surface area (Å²) in [5.74, 6) is -0.00962. The largest absolute Gasteiger partial charge is 0.352 e. The van der Waals surface area contributed by atoms with Crippen molar-refractivity contribution in [1.82, 2.24) is 5.32 Å².